The first-order chi connectivity index (χ1) is 16.5. The summed E-state index contributed by atoms with van der Waals surface area (Å²) in [5, 5.41) is 6.00. The van der Waals surface area contributed by atoms with Crippen molar-refractivity contribution in [1.29, 1.82) is 0 Å². The summed E-state index contributed by atoms with van der Waals surface area (Å²) in [6.07, 6.45) is 1.30. The number of fused-ring (bicyclic) bond motifs is 1. The fourth-order valence-corrected chi connectivity index (χ4v) is 6.22. The molecule has 3 aromatic rings. The number of benzene rings is 3. The number of halogens is 1. The van der Waals surface area contributed by atoms with Gasteiger partial charge in [-0.05, 0) is 48.2 Å². The van der Waals surface area contributed by atoms with Gasteiger partial charge >= 0.3 is 5.97 Å². The second-order valence-electron chi connectivity index (χ2n) is 8.31. The van der Waals surface area contributed by atoms with Crippen LogP contribution < -0.4 is 0 Å². The van der Waals surface area contributed by atoms with Crippen molar-refractivity contribution in [2.45, 2.75) is 25.7 Å². The third-order valence-corrected chi connectivity index (χ3v) is 7.65. The summed E-state index contributed by atoms with van der Waals surface area (Å²) in [4.78, 5) is 35.9. The Hall–Kier alpha value is -3.22. The van der Waals surface area contributed by atoms with Gasteiger partial charge < -0.3 is 4.84 Å². The van der Waals surface area contributed by atoms with Gasteiger partial charge in [0.25, 0.3) is 0 Å². The van der Waals surface area contributed by atoms with E-state index in [0.717, 1.165) is 17.5 Å². The average Bonchev–Trinajstić information content (AvgIpc) is 3.15. The number of hydrogen-bond acceptors (Lipinski definition) is 6. The molecule has 1 heterocycles. The summed E-state index contributed by atoms with van der Waals surface area (Å²) in [6.45, 7) is 1.31. The minimum atomic E-state index is -0.959. The number of oxime groups is 1. The van der Waals surface area contributed by atoms with Crippen molar-refractivity contribution < 1.29 is 14.4 Å². The molecule has 1 saturated heterocycles. The number of hydrogen-bond donors (Lipinski definition) is 0. The summed E-state index contributed by atoms with van der Waals surface area (Å²) < 4.78 is 0. The minimum Gasteiger partial charge on any atom is -0.318 e. The molecule has 0 unspecified atom stereocenters. The molecule has 5 nitrogen and oxygen atoms in total. The highest BCUT2D eigenvalue weighted by Crippen LogP contribution is 2.57. The summed E-state index contributed by atoms with van der Waals surface area (Å²) >= 11 is 7.38. The van der Waals surface area contributed by atoms with Gasteiger partial charge in [-0.15, -0.1) is 0 Å². The molecule has 2 aliphatic rings. The van der Waals surface area contributed by atoms with Crippen LogP contribution >= 0.6 is 23.4 Å². The van der Waals surface area contributed by atoms with E-state index in [1.807, 2.05) is 66.7 Å². The highest BCUT2D eigenvalue weighted by molar-refractivity contribution is 8.27. The molecule has 1 spiro atoms. The fourth-order valence-electron chi connectivity index (χ4n) is 4.72. The Morgan fingerprint density at radius 1 is 1.03 bits per heavy atom. The minimum absolute atomic E-state index is 0.0106. The van der Waals surface area contributed by atoms with Crippen molar-refractivity contribution in [2.75, 3.05) is 0 Å². The highest BCUT2D eigenvalue weighted by Gasteiger charge is 2.59. The number of rotatable bonds is 3. The molecule has 1 aliphatic carbocycles. The monoisotopic (exact) mass is 488 g/mol. The Labute approximate surface area is 206 Å². The summed E-state index contributed by atoms with van der Waals surface area (Å²) in [6, 6.07) is 24.7. The fraction of sp³-hybridized carbons (Fsp3) is 0.185. The molecule has 0 amide bonds. The first kappa shape index (κ1) is 22.6. The van der Waals surface area contributed by atoms with Crippen molar-refractivity contribution in [3.8, 4) is 0 Å². The number of Topliss-reactive ketones (excluding diaryl/α,β-unsaturated/α-hetero) is 1. The number of aryl methyl sites for hydroxylation is 1. The van der Waals surface area contributed by atoms with E-state index < -0.39 is 17.3 Å². The number of carbonyl (C=O) groups excluding carboxylic acids is 2. The zero-order valence-electron chi connectivity index (χ0n) is 18.4. The van der Waals surface area contributed by atoms with Gasteiger partial charge in [-0.2, -0.15) is 0 Å². The van der Waals surface area contributed by atoms with Crippen LogP contribution in [0, 0.1) is 5.41 Å². The lowest BCUT2D eigenvalue weighted by molar-refractivity contribution is -0.140. The van der Waals surface area contributed by atoms with E-state index >= 15 is 0 Å². The predicted molar refractivity (Wildman–Crippen MR) is 136 cm³/mol. The third-order valence-electron chi connectivity index (χ3n) is 6.23. The van der Waals surface area contributed by atoms with Crippen LogP contribution in [0.2, 0.25) is 5.02 Å². The first-order valence-electron chi connectivity index (χ1n) is 10.9. The molecule has 0 bridgehead atoms. The van der Waals surface area contributed by atoms with Gasteiger partial charge in [-0.3, -0.25) is 4.79 Å². The second-order valence-corrected chi connectivity index (χ2v) is 9.75. The Balaban J connectivity index is 1.74. The molecule has 170 valence electrons. The maximum atomic E-state index is 14.3. The molecule has 0 radical (unpaired) electrons. The van der Waals surface area contributed by atoms with Crippen molar-refractivity contribution in [1.82, 2.24) is 0 Å². The molecule has 2 atom stereocenters. The summed E-state index contributed by atoms with van der Waals surface area (Å²) in [7, 11) is 0. The maximum absolute atomic E-state index is 14.3. The Kier molecular flexibility index (Phi) is 6.11. The largest absolute Gasteiger partial charge is 0.332 e. The molecule has 0 N–H and O–H groups in total. The lowest BCUT2D eigenvalue weighted by Gasteiger charge is -2.37. The molecule has 3 aromatic carbocycles. The topological polar surface area (TPSA) is 68.1 Å². The quantitative estimate of drug-likeness (QED) is 0.308. The molecule has 7 heteroatoms. The predicted octanol–water partition coefficient (Wildman–Crippen LogP) is 6.59. The van der Waals surface area contributed by atoms with Crippen molar-refractivity contribution in [2.24, 2.45) is 15.6 Å². The highest BCUT2D eigenvalue weighted by atomic mass is 35.5. The van der Waals surface area contributed by atoms with Crippen LogP contribution in [-0.4, -0.2) is 21.8 Å². The Morgan fingerprint density at radius 3 is 2.47 bits per heavy atom. The lowest BCUT2D eigenvalue weighted by Crippen LogP contribution is -2.44. The van der Waals surface area contributed by atoms with E-state index in [9.17, 15) is 9.59 Å². The summed E-state index contributed by atoms with van der Waals surface area (Å²) in [5.74, 6) is -0.932. The Bertz CT molecular complexity index is 1320. The van der Waals surface area contributed by atoms with E-state index in [4.69, 9.17) is 21.4 Å². The molecule has 1 aliphatic heterocycles. The van der Waals surface area contributed by atoms with E-state index in [1.165, 1.54) is 18.7 Å². The zero-order chi connectivity index (χ0) is 23.7. The van der Waals surface area contributed by atoms with Gasteiger partial charge in [0.15, 0.2) is 5.78 Å². The molecule has 0 saturated carbocycles. The van der Waals surface area contributed by atoms with Gasteiger partial charge in [-0.25, -0.2) is 9.79 Å². The van der Waals surface area contributed by atoms with Crippen molar-refractivity contribution >= 4 is 50.9 Å². The third kappa shape index (κ3) is 3.97. The molecule has 5 rings (SSSR count). The lowest BCUT2D eigenvalue weighted by atomic mass is 9.62. The normalized spacial score (nSPS) is 23.9. The first-order valence-corrected chi connectivity index (χ1v) is 12.1. The molecule has 34 heavy (non-hydrogen) atoms. The van der Waals surface area contributed by atoms with Crippen LogP contribution in [-0.2, 0) is 16.1 Å². The average molecular weight is 489 g/mol. The van der Waals surface area contributed by atoms with E-state index in [1.54, 1.807) is 12.1 Å². The maximum Gasteiger partial charge on any atom is 0.332 e. The zero-order valence-corrected chi connectivity index (χ0v) is 20.0. The van der Waals surface area contributed by atoms with E-state index in [-0.39, 0.29) is 5.78 Å². The standard InChI is InChI=1S/C27H21ClN2O3S/c1-17(31)33-30-25-23(19-8-3-2-4-9-19)27(16-15-18-7-5-6-10-22(18)24(27)32)26(34-25)29-21-13-11-20(28)12-14-21/h2-14,23H,15-16H2,1H3/b29-26?,30-25-/t23-,27+/m1/s1. The van der Waals surface area contributed by atoms with Crippen LogP contribution in [0.5, 0.6) is 0 Å². The van der Waals surface area contributed by atoms with Crippen LogP contribution in [0.3, 0.4) is 0 Å². The smallest absolute Gasteiger partial charge is 0.318 e. The van der Waals surface area contributed by atoms with Crippen LogP contribution in [0.4, 0.5) is 5.69 Å². The SMILES string of the molecule is CC(=O)O/N=C1\SC(=Nc2ccc(Cl)cc2)[C@@]2(CCc3ccccc3C2=O)[C@@H]1c1ccccc1. The summed E-state index contributed by atoms with van der Waals surface area (Å²) in [5.41, 5.74) is 2.39. The van der Waals surface area contributed by atoms with Gasteiger partial charge in [0.2, 0.25) is 0 Å². The molecular weight excluding hydrogens is 468 g/mol. The number of aliphatic imine (C=N–C) groups is 1. The van der Waals surface area contributed by atoms with Crippen LogP contribution in [0.1, 0.15) is 40.7 Å². The van der Waals surface area contributed by atoms with Gasteiger partial charge in [0.1, 0.15) is 5.04 Å². The molecule has 0 aromatic heterocycles. The molecular formula is C27H21ClN2O3S. The van der Waals surface area contributed by atoms with Crippen LogP contribution in [0.25, 0.3) is 0 Å². The number of nitrogens with zero attached hydrogens (tertiary/aromatic N) is 2. The number of thioether (sulfide) groups is 1. The second kappa shape index (κ2) is 9.20. The van der Waals surface area contributed by atoms with Crippen molar-refractivity contribution in [3.63, 3.8) is 0 Å². The van der Waals surface area contributed by atoms with E-state index in [0.29, 0.717) is 32.8 Å². The van der Waals surface area contributed by atoms with E-state index in [2.05, 4.69) is 5.16 Å². The van der Waals surface area contributed by atoms with Crippen molar-refractivity contribution in [3.05, 3.63) is 101 Å². The van der Waals surface area contributed by atoms with Gasteiger partial charge in [0, 0.05) is 17.5 Å². The van der Waals surface area contributed by atoms with Crippen LogP contribution in [0.15, 0.2) is 89.0 Å². The number of carbonyl (C=O) groups is 2. The molecule has 1 fully saturated rings. The van der Waals surface area contributed by atoms with Gasteiger partial charge in [-0.1, -0.05) is 83.1 Å². The Morgan fingerprint density at radius 2 is 1.74 bits per heavy atom. The number of ketones is 1. The van der Waals surface area contributed by atoms with Gasteiger partial charge in [0.05, 0.1) is 22.1 Å².